The molecule has 2 rings (SSSR count). The van der Waals surface area contributed by atoms with E-state index in [2.05, 4.69) is 84.3 Å². The van der Waals surface area contributed by atoms with E-state index in [-0.39, 0.29) is 23.7 Å². The highest BCUT2D eigenvalue weighted by molar-refractivity contribution is 8.01. The predicted molar refractivity (Wildman–Crippen MR) is 139 cm³/mol. The van der Waals surface area contributed by atoms with Crippen molar-refractivity contribution in [2.24, 2.45) is 0 Å². The Morgan fingerprint density at radius 3 is 2.03 bits per heavy atom. The number of ether oxygens (including phenoxy) is 1. The average Bonchev–Trinajstić information content (AvgIpc) is 3.19. The molecular weight excluding hydrogens is 456 g/mol. The van der Waals surface area contributed by atoms with Crippen LogP contribution in [0.5, 0.6) is 5.75 Å². The number of carboxylic acids is 1. The molecule has 1 N–H and O–H groups in total. The zero-order valence-electron chi connectivity index (χ0n) is 20.5. The molecule has 2 aromatic rings. The molecule has 176 valence electrons. The number of carbonyl (C=O) groups excluding carboxylic acids is 1. The van der Waals surface area contributed by atoms with Crippen LogP contribution in [0.4, 0.5) is 0 Å². The standard InChI is InChI=1S/C25H36O4S2Si/c1-24(2,3)18-14-17(31-16-32(7,8)22-10-9-13-30-22)15-19(25(4,5)6)23(18)29-21(28)12-11-20(26)27/h9-10,13-15H,11-12,16H2,1-8H3,(H,26,27). The monoisotopic (exact) mass is 492 g/mol. The van der Waals surface area contributed by atoms with Crippen molar-refractivity contribution in [3.8, 4) is 5.75 Å². The molecule has 1 heterocycles. The van der Waals surface area contributed by atoms with Crippen LogP contribution < -0.4 is 9.24 Å². The third-order valence-electron chi connectivity index (χ3n) is 5.23. The number of esters is 1. The number of aliphatic carboxylic acids is 1. The molecule has 7 heteroatoms. The molecule has 0 aliphatic rings. The minimum atomic E-state index is -1.56. The van der Waals surface area contributed by atoms with Crippen molar-refractivity contribution in [1.29, 1.82) is 0 Å². The van der Waals surface area contributed by atoms with Gasteiger partial charge in [-0.2, -0.15) is 11.3 Å². The summed E-state index contributed by atoms with van der Waals surface area (Å²) in [5.74, 6) is -0.923. The quantitative estimate of drug-likeness (QED) is 0.201. The number of rotatable bonds is 8. The van der Waals surface area contributed by atoms with Gasteiger partial charge in [0.1, 0.15) is 13.8 Å². The SMILES string of the molecule is CC(C)(C)c1cc(SC[Si](C)(C)c2cccs2)cc(C(C)(C)C)c1OC(=O)CCC(=O)O. The molecule has 0 saturated heterocycles. The molecule has 0 spiro atoms. The lowest BCUT2D eigenvalue weighted by molar-refractivity contribution is -0.142. The molecule has 1 aromatic carbocycles. The first-order valence-electron chi connectivity index (χ1n) is 10.9. The van der Waals surface area contributed by atoms with Crippen LogP contribution in [-0.2, 0) is 20.4 Å². The first-order chi connectivity index (χ1) is 14.6. The molecule has 0 aliphatic heterocycles. The van der Waals surface area contributed by atoms with Crippen molar-refractivity contribution in [3.63, 3.8) is 0 Å². The summed E-state index contributed by atoms with van der Waals surface area (Å²) in [5.41, 5.74) is 1.48. The van der Waals surface area contributed by atoms with Crippen molar-refractivity contribution in [2.75, 3.05) is 5.38 Å². The second-order valence-corrected chi connectivity index (χ2v) is 18.4. The summed E-state index contributed by atoms with van der Waals surface area (Å²) in [4.78, 5) is 24.5. The van der Waals surface area contributed by atoms with E-state index in [4.69, 9.17) is 9.84 Å². The first kappa shape index (κ1) is 26.7. The molecule has 0 bridgehead atoms. The Morgan fingerprint density at radius 2 is 1.59 bits per heavy atom. The van der Waals surface area contributed by atoms with Gasteiger partial charge in [0.2, 0.25) is 0 Å². The molecule has 0 radical (unpaired) electrons. The summed E-state index contributed by atoms with van der Waals surface area (Å²) >= 11 is 3.72. The molecule has 1 aromatic heterocycles. The zero-order valence-corrected chi connectivity index (χ0v) is 23.1. The Hall–Kier alpha value is -1.57. The van der Waals surface area contributed by atoms with Crippen molar-refractivity contribution in [2.45, 2.75) is 83.2 Å². The van der Waals surface area contributed by atoms with Gasteiger partial charge >= 0.3 is 11.9 Å². The molecular formula is C25H36O4S2Si. The van der Waals surface area contributed by atoms with E-state index in [1.807, 2.05) is 23.1 Å². The summed E-state index contributed by atoms with van der Waals surface area (Å²) in [6.07, 6.45) is -0.371. The summed E-state index contributed by atoms with van der Waals surface area (Å²) < 4.78 is 7.34. The fraction of sp³-hybridized carbons (Fsp3) is 0.520. The number of hydrogen-bond donors (Lipinski definition) is 1. The highest BCUT2D eigenvalue weighted by atomic mass is 32.2. The van der Waals surface area contributed by atoms with Crippen LogP contribution in [-0.4, -0.2) is 30.5 Å². The Kier molecular flexibility index (Phi) is 8.45. The van der Waals surface area contributed by atoms with Crippen molar-refractivity contribution >= 4 is 47.6 Å². The van der Waals surface area contributed by atoms with Gasteiger partial charge in [0.15, 0.2) is 0 Å². The average molecular weight is 493 g/mol. The maximum atomic E-state index is 12.5. The summed E-state index contributed by atoms with van der Waals surface area (Å²) in [7, 11) is -1.56. The number of thiophene rings is 1. The topological polar surface area (TPSA) is 63.6 Å². The van der Waals surface area contributed by atoms with Gasteiger partial charge in [0.05, 0.1) is 12.8 Å². The summed E-state index contributed by atoms with van der Waals surface area (Å²) in [5, 5.41) is 12.1. The Bertz CT molecular complexity index is 916. The normalized spacial score (nSPS) is 12.6. The van der Waals surface area contributed by atoms with Gasteiger partial charge < -0.3 is 9.84 Å². The number of hydrogen-bond acceptors (Lipinski definition) is 5. The Labute approximate surface area is 201 Å². The summed E-state index contributed by atoms with van der Waals surface area (Å²) in [6, 6.07) is 8.68. The lowest BCUT2D eigenvalue weighted by Crippen LogP contribution is -2.42. The van der Waals surface area contributed by atoms with Crippen LogP contribution in [0.15, 0.2) is 34.5 Å². The zero-order chi connectivity index (χ0) is 24.3. The molecule has 0 saturated carbocycles. The molecule has 0 aliphatic carbocycles. The van der Waals surface area contributed by atoms with Gasteiger partial charge in [-0.15, -0.1) is 11.8 Å². The van der Waals surface area contributed by atoms with E-state index in [9.17, 15) is 9.59 Å². The van der Waals surface area contributed by atoms with Crippen LogP contribution in [0.3, 0.4) is 0 Å². The van der Waals surface area contributed by atoms with Gasteiger partial charge in [-0.25, -0.2) is 0 Å². The fourth-order valence-corrected chi connectivity index (χ4v) is 9.38. The molecule has 0 unspecified atom stereocenters. The molecule has 4 nitrogen and oxygen atoms in total. The number of thioether (sulfide) groups is 1. The molecule has 0 fully saturated rings. The smallest absolute Gasteiger partial charge is 0.311 e. The molecule has 0 atom stereocenters. The second kappa shape index (κ2) is 10.1. The van der Waals surface area contributed by atoms with Crippen LogP contribution in [0, 0.1) is 0 Å². The Morgan fingerprint density at radius 1 is 1.03 bits per heavy atom. The third-order valence-corrected chi connectivity index (χ3v) is 13.5. The lowest BCUT2D eigenvalue weighted by atomic mass is 9.79. The van der Waals surface area contributed by atoms with Crippen LogP contribution in [0.25, 0.3) is 0 Å². The summed E-state index contributed by atoms with van der Waals surface area (Å²) in [6.45, 7) is 17.5. The maximum absolute atomic E-state index is 12.5. The van der Waals surface area contributed by atoms with Crippen molar-refractivity contribution < 1.29 is 19.4 Å². The van der Waals surface area contributed by atoms with Gasteiger partial charge in [-0.05, 0) is 38.2 Å². The third kappa shape index (κ3) is 7.22. The van der Waals surface area contributed by atoms with E-state index in [0.717, 1.165) is 16.5 Å². The van der Waals surface area contributed by atoms with E-state index < -0.39 is 20.0 Å². The van der Waals surface area contributed by atoms with Crippen molar-refractivity contribution in [3.05, 3.63) is 40.8 Å². The van der Waals surface area contributed by atoms with Crippen LogP contribution in [0.2, 0.25) is 13.1 Å². The van der Waals surface area contributed by atoms with Gasteiger partial charge in [-0.1, -0.05) is 66.8 Å². The molecule has 32 heavy (non-hydrogen) atoms. The van der Waals surface area contributed by atoms with Crippen LogP contribution in [0.1, 0.15) is 65.5 Å². The second-order valence-electron chi connectivity index (χ2n) is 10.9. The number of benzene rings is 1. The van der Waals surface area contributed by atoms with E-state index in [0.29, 0.717) is 5.75 Å². The minimum Gasteiger partial charge on any atom is -0.481 e. The molecule has 0 amide bonds. The van der Waals surface area contributed by atoms with E-state index in [1.54, 1.807) is 0 Å². The van der Waals surface area contributed by atoms with Gasteiger partial charge in [-0.3, -0.25) is 9.59 Å². The Balaban J connectivity index is 2.45. The number of carbonyl (C=O) groups is 2. The minimum absolute atomic E-state index is 0.139. The maximum Gasteiger partial charge on any atom is 0.311 e. The van der Waals surface area contributed by atoms with Crippen molar-refractivity contribution in [1.82, 2.24) is 0 Å². The first-order valence-corrected chi connectivity index (χ1v) is 16.0. The lowest BCUT2D eigenvalue weighted by Gasteiger charge is -2.30. The number of carboxylic acid groups (broad SMARTS) is 1. The fourth-order valence-electron chi connectivity index (χ4n) is 3.28. The van der Waals surface area contributed by atoms with Gasteiger partial charge in [0, 0.05) is 16.0 Å². The predicted octanol–water partition coefficient (Wildman–Crippen LogP) is 6.36. The highest BCUT2D eigenvalue weighted by Gasteiger charge is 2.31. The van der Waals surface area contributed by atoms with E-state index in [1.165, 1.54) is 9.40 Å². The van der Waals surface area contributed by atoms with E-state index >= 15 is 0 Å². The highest BCUT2D eigenvalue weighted by Crippen LogP contribution is 2.43. The largest absolute Gasteiger partial charge is 0.481 e. The van der Waals surface area contributed by atoms with Crippen LogP contribution >= 0.6 is 23.1 Å². The van der Waals surface area contributed by atoms with Gasteiger partial charge in [0.25, 0.3) is 0 Å².